The lowest BCUT2D eigenvalue weighted by Crippen LogP contribution is -2.04. The molecule has 104 valence electrons. The van der Waals surface area contributed by atoms with E-state index in [1.54, 1.807) is 24.4 Å². The van der Waals surface area contributed by atoms with Gasteiger partial charge in [0, 0.05) is 5.38 Å². The van der Waals surface area contributed by atoms with E-state index in [-0.39, 0.29) is 0 Å². The number of carbonyl (C=O) groups excluding carboxylic acids is 1. The summed E-state index contributed by atoms with van der Waals surface area (Å²) in [5.41, 5.74) is 1.23. The van der Waals surface area contributed by atoms with E-state index in [0.717, 1.165) is 10.6 Å². The number of ether oxygens (including phenoxy) is 1. The Labute approximate surface area is 130 Å². The minimum atomic E-state index is -0.405. The molecule has 20 heavy (non-hydrogen) atoms. The molecule has 0 aliphatic rings. The molecule has 0 aliphatic carbocycles. The van der Waals surface area contributed by atoms with Gasteiger partial charge in [0.1, 0.15) is 5.01 Å². The van der Waals surface area contributed by atoms with E-state index in [0.29, 0.717) is 22.3 Å². The first-order chi connectivity index (χ1) is 9.60. The van der Waals surface area contributed by atoms with Crippen molar-refractivity contribution in [2.75, 3.05) is 6.61 Å². The largest absolute Gasteiger partial charge is 0.461 e. The molecule has 0 spiro atoms. The van der Waals surface area contributed by atoms with E-state index in [1.165, 1.54) is 11.3 Å². The number of carbonyl (C=O) groups is 1. The number of halogens is 2. The van der Waals surface area contributed by atoms with Crippen LogP contribution in [0.25, 0.3) is 12.2 Å². The van der Waals surface area contributed by atoms with Gasteiger partial charge in [-0.15, -0.1) is 11.3 Å². The normalized spacial score (nSPS) is 10.9. The Kier molecular flexibility index (Phi) is 5.17. The molecule has 1 aromatic carbocycles. The molecule has 2 aromatic rings. The molecule has 0 radical (unpaired) electrons. The van der Waals surface area contributed by atoms with Gasteiger partial charge in [-0.05, 0) is 30.7 Å². The number of esters is 1. The molecule has 2 rings (SSSR count). The summed E-state index contributed by atoms with van der Waals surface area (Å²) in [5.74, 6) is -0.405. The van der Waals surface area contributed by atoms with Gasteiger partial charge >= 0.3 is 5.97 Å². The molecular formula is C14H11Cl2NO2S. The third-order valence-corrected chi connectivity index (χ3v) is 3.92. The fourth-order valence-electron chi connectivity index (χ4n) is 1.45. The Morgan fingerprint density at radius 1 is 1.35 bits per heavy atom. The smallest absolute Gasteiger partial charge is 0.357 e. The summed E-state index contributed by atoms with van der Waals surface area (Å²) in [5, 5.41) is 3.41. The summed E-state index contributed by atoms with van der Waals surface area (Å²) in [6, 6.07) is 5.35. The molecule has 0 bridgehead atoms. The second-order valence-corrected chi connectivity index (χ2v) is 5.50. The first kappa shape index (κ1) is 15.0. The second kappa shape index (κ2) is 6.88. The van der Waals surface area contributed by atoms with E-state index in [9.17, 15) is 4.79 Å². The SMILES string of the molecule is CCOC(=O)c1csc(C=Cc2ccc(Cl)c(Cl)c2)n1. The number of thiazole rings is 1. The summed E-state index contributed by atoms with van der Waals surface area (Å²) in [6.45, 7) is 2.10. The summed E-state index contributed by atoms with van der Waals surface area (Å²) < 4.78 is 4.88. The van der Waals surface area contributed by atoms with Crippen molar-refractivity contribution < 1.29 is 9.53 Å². The lowest BCUT2D eigenvalue weighted by Gasteiger charge is -1.97. The van der Waals surface area contributed by atoms with Crippen molar-refractivity contribution in [2.45, 2.75) is 6.92 Å². The van der Waals surface area contributed by atoms with Crippen LogP contribution >= 0.6 is 34.5 Å². The Morgan fingerprint density at radius 3 is 2.85 bits per heavy atom. The highest BCUT2D eigenvalue weighted by Crippen LogP contribution is 2.23. The molecular weight excluding hydrogens is 317 g/mol. The summed E-state index contributed by atoms with van der Waals surface area (Å²) in [4.78, 5) is 15.7. The Hall–Kier alpha value is -1.36. The fraction of sp³-hybridized carbons (Fsp3) is 0.143. The third kappa shape index (κ3) is 3.82. The van der Waals surface area contributed by atoms with Crippen LogP contribution in [0.2, 0.25) is 10.0 Å². The molecule has 3 nitrogen and oxygen atoms in total. The zero-order valence-electron chi connectivity index (χ0n) is 10.6. The first-order valence-electron chi connectivity index (χ1n) is 5.86. The molecule has 1 heterocycles. The average Bonchev–Trinajstić information content (AvgIpc) is 2.89. The quantitative estimate of drug-likeness (QED) is 0.757. The molecule has 6 heteroatoms. The van der Waals surface area contributed by atoms with Gasteiger partial charge in [0.25, 0.3) is 0 Å². The summed E-state index contributed by atoms with van der Waals surface area (Å²) >= 11 is 13.2. The predicted octanol–water partition coefficient (Wildman–Crippen LogP) is 4.80. The van der Waals surface area contributed by atoms with Gasteiger partial charge in [-0.1, -0.05) is 35.3 Å². The summed E-state index contributed by atoms with van der Waals surface area (Å²) in [7, 11) is 0. The van der Waals surface area contributed by atoms with Crippen LogP contribution in [0.3, 0.4) is 0 Å². The lowest BCUT2D eigenvalue weighted by molar-refractivity contribution is 0.0520. The highest BCUT2D eigenvalue weighted by molar-refractivity contribution is 7.10. The molecule has 0 saturated carbocycles. The highest BCUT2D eigenvalue weighted by Gasteiger charge is 2.09. The van der Waals surface area contributed by atoms with Crippen molar-refractivity contribution in [3.8, 4) is 0 Å². The maximum Gasteiger partial charge on any atom is 0.357 e. The maximum atomic E-state index is 11.5. The van der Waals surface area contributed by atoms with Gasteiger partial charge in [0.15, 0.2) is 5.69 Å². The standard InChI is InChI=1S/C14H11Cl2NO2S/c1-2-19-14(18)12-8-20-13(17-12)6-4-9-3-5-10(15)11(16)7-9/h3-8H,2H2,1H3. The molecule has 0 aliphatic heterocycles. The Balaban J connectivity index is 2.11. The number of benzene rings is 1. The fourth-order valence-corrected chi connectivity index (χ4v) is 2.43. The van der Waals surface area contributed by atoms with Crippen molar-refractivity contribution in [1.29, 1.82) is 0 Å². The lowest BCUT2D eigenvalue weighted by atomic mass is 10.2. The van der Waals surface area contributed by atoms with E-state index >= 15 is 0 Å². The zero-order valence-corrected chi connectivity index (χ0v) is 12.9. The van der Waals surface area contributed by atoms with Crippen molar-refractivity contribution in [3.63, 3.8) is 0 Å². The van der Waals surface area contributed by atoms with E-state index in [1.807, 2.05) is 18.2 Å². The number of rotatable bonds is 4. The van der Waals surface area contributed by atoms with E-state index in [2.05, 4.69) is 4.98 Å². The van der Waals surface area contributed by atoms with Crippen LogP contribution in [-0.2, 0) is 4.74 Å². The first-order valence-corrected chi connectivity index (χ1v) is 7.49. The molecule has 0 saturated heterocycles. The van der Waals surface area contributed by atoms with Crippen LogP contribution in [0.5, 0.6) is 0 Å². The molecule has 1 aromatic heterocycles. The Bertz CT molecular complexity index is 652. The monoisotopic (exact) mass is 327 g/mol. The van der Waals surface area contributed by atoms with Crippen molar-refractivity contribution in [1.82, 2.24) is 4.98 Å². The van der Waals surface area contributed by atoms with Crippen LogP contribution in [0, 0.1) is 0 Å². The van der Waals surface area contributed by atoms with Gasteiger partial charge in [0.05, 0.1) is 16.7 Å². The van der Waals surface area contributed by atoms with Crippen molar-refractivity contribution in [3.05, 3.63) is 49.9 Å². The molecule has 0 amide bonds. The van der Waals surface area contributed by atoms with Crippen LogP contribution in [0.1, 0.15) is 28.0 Å². The Morgan fingerprint density at radius 2 is 2.15 bits per heavy atom. The third-order valence-electron chi connectivity index (χ3n) is 2.37. The molecule has 0 fully saturated rings. The van der Waals surface area contributed by atoms with Crippen LogP contribution < -0.4 is 0 Å². The average molecular weight is 328 g/mol. The van der Waals surface area contributed by atoms with Gasteiger partial charge in [-0.25, -0.2) is 9.78 Å². The minimum absolute atomic E-state index is 0.325. The number of aromatic nitrogens is 1. The van der Waals surface area contributed by atoms with Gasteiger partial charge in [0.2, 0.25) is 0 Å². The number of hydrogen-bond donors (Lipinski definition) is 0. The summed E-state index contributed by atoms with van der Waals surface area (Å²) in [6.07, 6.45) is 3.67. The zero-order chi connectivity index (χ0) is 14.5. The van der Waals surface area contributed by atoms with Crippen molar-refractivity contribution >= 4 is 52.7 Å². The van der Waals surface area contributed by atoms with E-state index in [4.69, 9.17) is 27.9 Å². The predicted molar refractivity (Wildman–Crippen MR) is 83.5 cm³/mol. The van der Waals surface area contributed by atoms with Gasteiger partial charge in [-0.2, -0.15) is 0 Å². The topological polar surface area (TPSA) is 39.2 Å². The van der Waals surface area contributed by atoms with Crippen LogP contribution in [0.15, 0.2) is 23.6 Å². The van der Waals surface area contributed by atoms with Crippen LogP contribution in [-0.4, -0.2) is 17.6 Å². The maximum absolute atomic E-state index is 11.5. The van der Waals surface area contributed by atoms with E-state index < -0.39 is 5.97 Å². The molecule has 0 atom stereocenters. The van der Waals surface area contributed by atoms with Gasteiger partial charge < -0.3 is 4.74 Å². The second-order valence-electron chi connectivity index (χ2n) is 3.80. The molecule has 0 N–H and O–H groups in total. The highest BCUT2D eigenvalue weighted by atomic mass is 35.5. The van der Waals surface area contributed by atoms with Crippen molar-refractivity contribution in [2.24, 2.45) is 0 Å². The molecule has 0 unspecified atom stereocenters. The number of nitrogens with zero attached hydrogens (tertiary/aromatic N) is 1. The number of hydrogen-bond acceptors (Lipinski definition) is 4. The van der Waals surface area contributed by atoms with Gasteiger partial charge in [-0.3, -0.25) is 0 Å². The minimum Gasteiger partial charge on any atom is -0.461 e. The van der Waals surface area contributed by atoms with Crippen LogP contribution in [0.4, 0.5) is 0 Å².